The smallest absolute Gasteiger partial charge is 0.243 e. The van der Waals surface area contributed by atoms with Gasteiger partial charge in [0.2, 0.25) is 47.3 Å². The van der Waals surface area contributed by atoms with Crippen molar-refractivity contribution in [1.29, 1.82) is 0 Å². The summed E-state index contributed by atoms with van der Waals surface area (Å²) in [4.78, 5) is 100. The van der Waals surface area contributed by atoms with Gasteiger partial charge in [-0.25, -0.2) is 0 Å². The molecule has 0 aliphatic rings. The summed E-state index contributed by atoms with van der Waals surface area (Å²) in [5.74, 6) is -7.54. The van der Waals surface area contributed by atoms with E-state index >= 15 is 0 Å². The third-order valence-electron chi connectivity index (χ3n) is 8.63. The van der Waals surface area contributed by atoms with E-state index in [9.17, 15) is 43.5 Å². The van der Waals surface area contributed by atoms with Crippen LogP contribution in [-0.4, -0.2) is 88.7 Å². The van der Waals surface area contributed by atoms with Gasteiger partial charge in [0.1, 0.15) is 24.2 Å². The van der Waals surface area contributed by atoms with Crippen molar-refractivity contribution in [2.24, 2.45) is 46.8 Å². The van der Waals surface area contributed by atoms with Crippen LogP contribution in [0.1, 0.15) is 101 Å². The minimum atomic E-state index is -1.50. The highest BCUT2D eigenvalue weighted by Gasteiger charge is 2.36. The number of hydrogen-bond acceptors (Lipinski definition) is 9. The first-order valence-corrected chi connectivity index (χ1v) is 17.5. The van der Waals surface area contributed by atoms with Gasteiger partial charge < -0.3 is 48.9 Å². The molecule has 292 valence electrons. The SMILES string of the molecule is CCC(C)[C@H](NC(=O)[C@@H](NC(=O)[C@@H](C[C@H](O)[C@H](CC(C)C)NC(=O)[C@H](CC(N)=O)NC(=O)[C@H](CCC(N)=O)NC(C)=O)C(C)C)C(C)C)C(N)=O. The number of carbonyl (C=O) groups is 8. The van der Waals surface area contributed by atoms with Crippen LogP contribution in [0.5, 0.6) is 0 Å². The van der Waals surface area contributed by atoms with Gasteiger partial charge in [0.25, 0.3) is 0 Å². The van der Waals surface area contributed by atoms with Crippen LogP contribution in [0.3, 0.4) is 0 Å². The Kier molecular flexibility index (Phi) is 20.6. The second-order valence-corrected chi connectivity index (χ2v) is 14.4. The Morgan fingerprint density at radius 3 is 1.61 bits per heavy atom. The normalized spacial score (nSPS) is 16.1. The molecule has 0 radical (unpaired) electrons. The highest BCUT2D eigenvalue weighted by molar-refractivity contribution is 5.95. The lowest BCUT2D eigenvalue weighted by atomic mass is 9.85. The minimum absolute atomic E-state index is 0.0591. The summed E-state index contributed by atoms with van der Waals surface area (Å²) in [7, 11) is 0. The van der Waals surface area contributed by atoms with E-state index in [1.54, 1.807) is 34.6 Å². The average Bonchev–Trinajstić information content (AvgIpc) is 3.00. The first-order valence-electron chi connectivity index (χ1n) is 17.5. The summed E-state index contributed by atoms with van der Waals surface area (Å²) >= 11 is 0. The summed E-state index contributed by atoms with van der Waals surface area (Å²) in [6, 6.07) is -5.64. The van der Waals surface area contributed by atoms with Gasteiger partial charge in [-0.05, 0) is 42.9 Å². The molecule has 0 aliphatic heterocycles. The van der Waals surface area contributed by atoms with Crippen LogP contribution in [0, 0.1) is 29.6 Å². The van der Waals surface area contributed by atoms with Crippen molar-refractivity contribution in [3.8, 4) is 0 Å². The maximum absolute atomic E-state index is 13.7. The lowest BCUT2D eigenvalue weighted by molar-refractivity contribution is -0.136. The quantitative estimate of drug-likeness (QED) is 0.0578. The molecule has 0 bridgehead atoms. The van der Waals surface area contributed by atoms with E-state index in [4.69, 9.17) is 17.2 Å². The van der Waals surface area contributed by atoms with E-state index in [1.165, 1.54) is 0 Å². The highest BCUT2D eigenvalue weighted by atomic mass is 16.3. The molecule has 8 atom stereocenters. The number of primary amides is 3. The fraction of sp³-hybridized carbons (Fsp3) is 0.765. The van der Waals surface area contributed by atoms with Crippen molar-refractivity contribution in [1.82, 2.24) is 26.6 Å². The largest absolute Gasteiger partial charge is 0.391 e. The molecule has 12 N–H and O–H groups in total. The summed E-state index contributed by atoms with van der Waals surface area (Å²) in [6.07, 6.45) is -1.63. The van der Waals surface area contributed by atoms with Crippen LogP contribution < -0.4 is 43.8 Å². The minimum Gasteiger partial charge on any atom is -0.391 e. The molecule has 51 heavy (non-hydrogen) atoms. The molecule has 0 aromatic heterocycles. The predicted octanol–water partition coefficient (Wildman–Crippen LogP) is -1.17. The van der Waals surface area contributed by atoms with Crippen LogP contribution in [0.2, 0.25) is 0 Å². The maximum Gasteiger partial charge on any atom is 0.243 e. The van der Waals surface area contributed by atoms with Gasteiger partial charge in [0.15, 0.2) is 0 Å². The van der Waals surface area contributed by atoms with Gasteiger partial charge in [0, 0.05) is 19.3 Å². The fourth-order valence-corrected chi connectivity index (χ4v) is 5.46. The van der Waals surface area contributed by atoms with Crippen LogP contribution in [-0.2, 0) is 38.4 Å². The molecule has 0 aliphatic carbocycles. The average molecular weight is 727 g/mol. The molecule has 1 unspecified atom stereocenters. The third kappa shape index (κ3) is 17.5. The molecule has 0 saturated heterocycles. The molecule has 0 fully saturated rings. The second-order valence-electron chi connectivity index (χ2n) is 14.4. The van der Waals surface area contributed by atoms with Gasteiger partial charge in [-0.2, -0.15) is 0 Å². The van der Waals surface area contributed by atoms with Crippen LogP contribution >= 0.6 is 0 Å². The lowest BCUT2D eigenvalue weighted by Gasteiger charge is -2.32. The first kappa shape index (κ1) is 46.7. The second kappa shape index (κ2) is 22.5. The van der Waals surface area contributed by atoms with Crippen molar-refractivity contribution < 1.29 is 43.5 Å². The Morgan fingerprint density at radius 2 is 1.18 bits per heavy atom. The first-order chi connectivity index (χ1) is 23.5. The Labute approximate surface area is 301 Å². The molecule has 0 spiro atoms. The number of rotatable bonds is 24. The van der Waals surface area contributed by atoms with Crippen LogP contribution in [0.4, 0.5) is 0 Å². The highest BCUT2D eigenvalue weighted by Crippen LogP contribution is 2.23. The predicted molar refractivity (Wildman–Crippen MR) is 189 cm³/mol. The number of aliphatic hydroxyl groups excluding tert-OH is 1. The van der Waals surface area contributed by atoms with Gasteiger partial charge in [0.05, 0.1) is 18.6 Å². The van der Waals surface area contributed by atoms with Crippen molar-refractivity contribution in [3.63, 3.8) is 0 Å². The fourth-order valence-electron chi connectivity index (χ4n) is 5.46. The van der Waals surface area contributed by atoms with Crippen LogP contribution in [0.15, 0.2) is 0 Å². The van der Waals surface area contributed by atoms with Crippen LogP contribution in [0.25, 0.3) is 0 Å². The summed E-state index contributed by atoms with van der Waals surface area (Å²) < 4.78 is 0. The van der Waals surface area contributed by atoms with Gasteiger partial charge in [-0.15, -0.1) is 0 Å². The Hall–Kier alpha value is -4.28. The molecule has 0 rings (SSSR count). The lowest BCUT2D eigenvalue weighted by Crippen LogP contribution is -2.58. The molecule has 8 amide bonds. The van der Waals surface area contributed by atoms with Gasteiger partial charge >= 0.3 is 0 Å². The zero-order valence-electron chi connectivity index (χ0n) is 31.5. The molecular weight excluding hydrogens is 664 g/mol. The molecule has 17 nitrogen and oxygen atoms in total. The topological polar surface area (TPSA) is 295 Å². The molecule has 17 heteroatoms. The maximum atomic E-state index is 13.7. The van der Waals surface area contributed by atoms with Crippen molar-refractivity contribution in [3.05, 3.63) is 0 Å². The zero-order chi connectivity index (χ0) is 39.7. The Bertz CT molecular complexity index is 1230. The van der Waals surface area contributed by atoms with E-state index < -0.39 is 95.9 Å². The van der Waals surface area contributed by atoms with Gasteiger partial charge in [-0.3, -0.25) is 38.4 Å². The number of nitrogens with one attached hydrogen (secondary N) is 5. The van der Waals surface area contributed by atoms with Gasteiger partial charge in [-0.1, -0.05) is 61.8 Å². The van der Waals surface area contributed by atoms with E-state index in [0.29, 0.717) is 6.42 Å². The van der Waals surface area contributed by atoms with E-state index in [0.717, 1.165) is 6.92 Å². The summed E-state index contributed by atoms with van der Waals surface area (Å²) in [6.45, 7) is 15.5. The van der Waals surface area contributed by atoms with Crippen molar-refractivity contribution >= 4 is 47.3 Å². The number of hydrogen-bond donors (Lipinski definition) is 9. The number of carbonyl (C=O) groups excluding carboxylic acids is 8. The van der Waals surface area contributed by atoms with E-state index in [-0.39, 0.29) is 49.4 Å². The van der Waals surface area contributed by atoms with Crippen molar-refractivity contribution in [2.45, 2.75) is 137 Å². The number of aliphatic hydroxyl groups is 1. The Morgan fingerprint density at radius 1 is 0.627 bits per heavy atom. The van der Waals surface area contributed by atoms with Crippen molar-refractivity contribution in [2.75, 3.05) is 0 Å². The molecule has 0 aromatic carbocycles. The monoisotopic (exact) mass is 726 g/mol. The molecule has 0 saturated carbocycles. The zero-order valence-corrected chi connectivity index (χ0v) is 31.5. The number of amides is 8. The summed E-state index contributed by atoms with van der Waals surface area (Å²) in [5.41, 5.74) is 16.1. The molecule has 0 aromatic rings. The van der Waals surface area contributed by atoms with E-state index in [2.05, 4.69) is 26.6 Å². The standard InChI is InChI=1S/C34H62N8O9/c1-10-19(8)29(30(37)47)42-34(51)28(18(6)7)41-31(48)21(17(4)5)14-25(44)23(13-16(2)3)39-33(50)24(15-27(36)46)40-32(49)22(38-20(9)43)11-12-26(35)45/h16-19,21-25,28-29,44H,10-15H2,1-9H3,(H2,35,45)(H2,36,46)(H2,37,47)(H,38,43)(H,39,50)(H,40,49)(H,41,48)(H,42,51)/t19?,21-,22-,23-,24-,25-,28-,29-/m0/s1. The third-order valence-corrected chi connectivity index (χ3v) is 8.63. The molecular formula is C34H62N8O9. The Balaban J connectivity index is 6.15. The number of nitrogens with two attached hydrogens (primary N) is 3. The summed E-state index contributed by atoms with van der Waals surface area (Å²) in [5, 5.41) is 24.3. The molecule has 0 heterocycles. The van der Waals surface area contributed by atoms with E-state index in [1.807, 2.05) is 20.8 Å².